The number of rotatable bonds is 6. The van der Waals surface area contributed by atoms with E-state index in [0.29, 0.717) is 13.1 Å². The van der Waals surface area contributed by atoms with Gasteiger partial charge in [0.1, 0.15) is 16.6 Å². The molecule has 3 N–H and O–H groups in total. The molecule has 24 heavy (non-hydrogen) atoms. The molecule has 1 saturated heterocycles. The largest absolute Gasteiger partial charge is 0.480 e. The number of nitrogens with one attached hydrogen (secondary N) is 2. The highest BCUT2D eigenvalue weighted by Crippen LogP contribution is 2.21. The molecule has 1 atom stereocenters. The number of aromatic amines is 1. The fraction of sp³-hybridized carbons (Fsp3) is 0.571. The average molecular weight is 375 g/mol. The Hall–Kier alpha value is -1.52. The van der Waals surface area contributed by atoms with Gasteiger partial charge < -0.3 is 15.4 Å². The summed E-state index contributed by atoms with van der Waals surface area (Å²) in [5.41, 5.74) is 0.0202. The molecule has 8 nitrogen and oxygen atoms in total. The van der Waals surface area contributed by atoms with Crippen molar-refractivity contribution in [2.45, 2.75) is 24.8 Å². The second-order valence-electron chi connectivity index (χ2n) is 5.80. The van der Waals surface area contributed by atoms with Gasteiger partial charge in [0, 0.05) is 30.8 Å². The van der Waals surface area contributed by atoms with Crippen LogP contribution in [0, 0.1) is 5.92 Å². The lowest BCUT2D eigenvalue weighted by Gasteiger charge is -2.24. The highest BCUT2D eigenvalue weighted by molar-refractivity contribution is 7.99. The van der Waals surface area contributed by atoms with Gasteiger partial charge >= 0.3 is 5.97 Å². The van der Waals surface area contributed by atoms with Crippen LogP contribution in [0.15, 0.2) is 17.2 Å². The van der Waals surface area contributed by atoms with Crippen molar-refractivity contribution in [1.82, 2.24) is 14.6 Å². The predicted molar refractivity (Wildman–Crippen MR) is 90.6 cm³/mol. The number of carboxylic acid groups (broad SMARTS) is 1. The molecule has 0 unspecified atom stereocenters. The summed E-state index contributed by atoms with van der Waals surface area (Å²) in [5.74, 6) is -0.594. The van der Waals surface area contributed by atoms with E-state index in [1.165, 1.54) is 16.6 Å². The topological polar surface area (TPSA) is 120 Å². The van der Waals surface area contributed by atoms with E-state index in [0.717, 1.165) is 11.5 Å². The molecule has 0 aliphatic carbocycles. The number of thioether (sulfide) groups is 1. The van der Waals surface area contributed by atoms with Gasteiger partial charge in [0.05, 0.1) is 0 Å². The molecule has 0 spiro atoms. The summed E-state index contributed by atoms with van der Waals surface area (Å²) >= 11 is 1.70. The van der Waals surface area contributed by atoms with Crippen molar-refractivity contribution in [2.75, 3.05) is 24.6 Å². The van der Waals surface area contributed by atoms with Crippen molar-refractivity contribution in [3.63, 3.8) is 0 Å². The molecule has 0 saturated carbocycles. The first-order valence-electron chi connectivity index (χ1n) is 7.53. The third-order valence-corrected chi connectivity index (χ3v) is 6.55. The summed E-state index contributed by atoms with van der Waals surface area (Å²) in [6, 6.07) is 0.200. The Balaban J connectivity index is 2.14. The van der Waals surface area contributed by atoms with Crippen LogP contribution < -0.4 is 5.32 Å². The Kier molecular flexibility index (Phi) is 5.94. The van der Waals surface area contributed by atoms with Crippen LogP contribution in [0.2, 0.25) is 0 Å². The Morgan fingerprint density at radius 1 is 1.33 bits per heavy atom. The van der Waals surface area contributed by atoms with Crippen LogP contribution in [-0.4, -0.2) is 65.3 Å². The number of carboxylic acids is 1. The van der Waals surface area contributed by atoms with Crippen LogP contribution >= 0.6 is 11.8 Å². The van der Waals surface area contributed by atoms with E-state index in [1.807, 2.05) is 0 Å². The molecule has 2 heterocycles. The molecule has 134 valence electrons. The highest BCUT2D eigenvalue weighted by Gasteiger charge is 2.29. The van der Waals surface area contributed by atoms with Crippen molar-refractivity contribution in [3.05, 3.63) is 18.0 Å². The van der Waals surface area contributed by atoms with Crippen molar-refractivity contribution in [2.24, 2.45) is 5.92 Å². The maximum Gasteiger partial charge on any atom is 0.326 e. The second kappa shape index (κ2) is 7.58. The van der Waals surface area contributed by atoms with Gasteiger partial charge in [-0.1, -0.05) is 13.8 Å². The third kappa shape index (κ3) is 4.11. The summed E-state index contributed by atoms with van der Waals surface area (Å²) in [4.78, 5) is 25.9. The summed E-state index contributed by atoms with van der Waals surface area (Å²) in [6.45, 7) is 4.23. The van der Waals surface area contributed by atoms with E-state index in [4.69, 9.17) is 5.11 Å². The number of H-pyrrole nitrogens is 1. The first-order chi connectivity index (χ1) is 11.2. The minimum absolute atomic E-state index is 0.0102. The summed E-state index contributed by atoms with van der Waals surface area (Å²) in [7, 11) is -3.64. The molecule has 1 aliphatic rings. The van der Waals surface area contributed by atoms with E-state index in [2.05, 4.69) is 10.3 Å². The van der Waals surface area contributed by atoms with Gasteiger partial charge in [0.15, 0.2) is 0 Å². The van der Waals surface area contributed by atoms with Crippen molar-refractivity contribution in [1.29, 1.82) is 0 Å². The quantitative estimate of drug-likeness (QED) is 0.669. The smallest absolute Gasteiger partial charge is 0.326 e. The van der Waals surface area contributed by atoms with E-state index >= 15 is 0 Å². The van der Waals surface area contributed by atoms with Crippen LogP contribution in [0.5, 0.6) is 0 Å². The summed E-state index contributed by atoms with van der Waals surface area (Å²) in [5, 5.41) is 11.5. The van der Waals surface area contributed by atoms with Gasteiger partial charge in [-0.15, -0.1) is 0 Å². The molecular formula is C14H21N3O5S2. The highest BCUT2D eigenvalue weighted by atomic mass is 32.2. The standard InChI is InChI=1S/C14H21N3O5S2/c1-9(2)12(14(19)20)16-13(18)11-7-10(8-15-11)24(21,22)17-3-5-23-6-4-17/h7-9,12,15H,3-6H2,1-2H3,(H,16,18)(H,19,20)/t12-/m1/s1. The minimum Gasteiger partial charge on any atom is -0.480 e. The lowest BCUT2D eigenvalue weighted by Crippen LogP contribution is -2.44. The Morgan fingerprint density at radius 3 is 2.50 bits per heavy atom. The Labute approximate surface area is 145 Å². The fourth-order valence-corrected chi connectivity index (χ4v) is 4.89. The van der Waals surface area contributed by atoms with E-state index < -0.39 is 27.9 Å². The van der Waals surface area contributed by atoms with Crippen LogP contribution in [0.25, 0.3) is 0 Å². The van der Waals surface area contributed by atoms with Gasteiger partial charge in [-0.3, -0.25) is 4.79 Å². The zero-order chi connectivity index (χ0) is 17.9. The molecule has 2 rings (SSSR count). The lowest BCUT2D eigenvalue weighted by molar-refractivity contribution is -0.140. The summed E-state index contributed by atoms with van der Waals surface area (Å²) in [6.07, 6.45) is 1.26. The molecule has 0 bridgehead atoms. The van der Waals surface area contributed by atoms with E-state index in [1.54, 1.807) is 25.6 Å². The number of carbonyl (C=O) groups excluding carboxylic acids is 1. The SMILES string of the molecule is CC(C)[C@@H](NC(=O)c1cc(S(=O)(=O)N2CCSCC2)c[nH]1)C(=O)O. The molecule has 0 aromatic carbocycles. The number of nitrogens with zero attached hydrogens (tertiary/aromatic N) is 1. The number of hydrogen-bond acceptors (Lipinski definition) is 5. The molecule has 1 aliphatic heterocycles. The molecule has 1 aromatic heterocycles. The van der Waals surface area contributed by atoms with Gasteiger partial charge in [0.25, 0.3) is 5.91 Å². The van der Waals surface area contributed by atoms with Crippen molar-refractivity contribution in [3.8, 4) is 0 Å². The van der Waals surface area contributed by atoms with Crippen molar-refractivity contribution >= 4 is 33.7 Å². The maximum absolute atomic E-state index is 12.5. The van der Waals surface area contributed by atoms with E-state index in [-0.39, 0.29) is 16.5 Å². The van der Waals surface area contributed by atoms with Crippen molar-refractivity contribution < 1.29 is 23.1 Å². The van der Waals surface area contributed by atoms with Crippen LogP contribution in [0.3, 0.4) is 0 Å². The van der Waals surface area contributed by atoms with Gasteiger partial charge in [-0.05, 0) is 12.0 Å². The van der Waals surface area contributed by atoms with Crippen LogP contribution in [-0.2, 0) is 14.8 Å². The van der Waals surface area contributed by atoms with Crippen LogP contribution in [0.1, 0.15) is 24.3 Å². The Bertz CT molecular complexity index is 708. The minimum atomic E-state index is -3.64. The Morgan fingerprint density at radius 2 is 1.96 bits per heavy atom. The third-order valence-electron chi connectivity index (χ3n) is 3.73. The fourth-order valence-electron chi connectivity index (χ4n) is 2.32. The molecule has 1 fully saturated rings. The number of amides is 1. The zero-order valence-electron chi connectivity index (χ0n) is 13.5. The first-order valence-corrected chi connectivity index (χ1v) is 10.1. The number of aliphatic carboxylic acids is 1. The first kappa shape index (κ1) is 18.8. The summed E-state index contributed by atoms with van der Waals surface area (Å²) < 4.78 is 26.5. The van der Waals surface area contributed by atoms with Crippen LogP contribution in [0.4, 0.5) is 0 Å². The van der Waals surface area contributed by atoms with E-state index in [9.17, 15) is 18.0 Å². The van der Waals surface area contributed by atoms with Gasteiger partial charge in [0.2, 0.25) is 10.0 Å². The molecule has 10 heteroatoms. The van der Waals surface area contributed by atoms with Gasteiger partial charge in [-0.2, -0.15) is 16.1 Å². The number of sulfonamides is 1. The number of aromatic nitrogens is 1. The number of carbonyl (C=O) groups is 2. The zero-order valence-corrected chi connectivity index (χ0v) is 15.1. The second-order valence-corrected chi connectivity index (χ2v) is 8.96. The number of hydrogen-bond donors (Lipinski definition) is 3. The monoisotopic (exact) mass is 375 g/mol. The predicted octanol–water partition coefficient (Wildman–Crippen LogP) is 0.591. The lowest BCUT2D eigenvalue weighted by atomic mass is 10.0. The molecular weight excluding hydrogens is 354 g/mol. The molecule has 0 radical (unpaired) electrons. The normalized spacial score (nSPS) is 17.6. The molecule has 1 aromatic rings. The molecule has 1 amide bonds. The average Bonchev–Trinajstić information content (AvgIpc) is 3.03. The van der Waals surface area contributed by atoms with Gasteiger partial charge in [-0.25, -0.2) is 13.2 Å². The maximum atomic E-state index is 12.5.